The molecule has 0 spiro atoms. The topological polar surface area (TPSA) is 67.9 Å². The lowest BCUT2D eigenvalue weighted by molar-refractivity contribution is -0.130. The second-order valence-electron chi connectivity index (χ2n) is 5.14. The van der Waals surface area contributed by atoms with Crippen LogP contribution in [0.3, 0.4) is 0 Å². The number of methoxy groups -OCH3 is 1. The molecule has 1 aliphatic rings. The molecule has 1 N–H and O–H groups in total. The molecule has 0 aromatic heterocycles. The predicted octanol–water partition coefficient (Wildman–Crippen LogP) is 1.34. The maximum atomic E-state index is 11.9. The second-order valence-corrected chi connectivity index (χ2v) is 5.14. The van der Waals surface area contributed by atoms with Gasteiger partial charge in [0.2, 0.25) is 11.8 Å². The Labute approximate surface area is 130 Å². The van der Waals surface area contributed by atoms with Crippen molar-refractivity contribution in [3.63, 3.8) is 0 Å². The number of para-hydroxylation sites is 2. The van der Waals surface area contributed by atoms with E-state index >= 15 is 0 Å². The van der Waals surface area contributed by atoms with Gasteiger partial charge in [0.05, 0.1) is 12.8 Å². The van der Waals surface area contributed by atoms with Crippen molar-refractivity contribution in [2.45, 2.75) is 25.9 Å². The van der Waals surface area contributed by atoms with Crippen LogP contribution < -0.4 is 15.0 Å². The van der Waals surface area contributed by atoms with E-state index in [1.807, 2.05) is 18.2 Å². The average Bonchev–Trinajstić information content (AvgIpc) is 3.05. The van der Waals surface area contributed by atoms with Gasteiger partial charge >= 0.3 is 0 Å². The first-order valence-corrected chi connectivity index (χ1v) is 7.44. The zero-order chi connectivity index (χ0) is 15.9. The standard InChI is InChI=1S/C16H22N2O4/c1-12(19)18(13-6-3-4-7-14(13)21-2)10-9-17-16(20)15-8-5-11-22-15/h3-4,6-7,15H,5,8-11H2,1-2H3,(H,17,20). The molecule has 1 saturated heterocycles. The number of nitrogens with zero attached hydrogens (tertiary/aromatic N) is 1. The third-order valence-corrected chi connectivity index (χ3v) is 3.61. The van der Waals surface area contributed by atoms with Crippen molar-refractivity contribution in [1.82, 2.24) is 5.32 Å². The summed E-state index contributed by atoms with van der Waals surface area (Å²) in [7, 11) is 1.57. The second kappa shape index (κ2) is 7.79. The molecule has 2 rings (SSSR count). The van der Waals surface area contributed by atoms with Gasteiger partial charge in [-0.1, -0.05) is 12.1 Å². The fraction of sp³-hybridized carbons (Fsp3) is 0.500. The van der Waals surface area contributed by atoms with E-state index in [2.05, 4.69) is 5.32 Å². The van der Waals surface area contributed by atoms with Crippen molar-refractivity contribution in [3.05, 3.63) is 24.3 Å². The molecular formula is C16H22N2O4. The smallest absolute Gasteiger partial charge is 0.249 e. The van der Waals surface area contributed by atoms with E-state index in [9.17, 15) is 9.59 Å². The van der Waals surface area contributed by atoms with Crippen LogP contribution in [0.25, 0.3) is 0 Å². The first-order chi connectivity index (χ1) is 10.6. The highest BCUT2D eigenvalue weighted by atomic mass is 16.5. The Morgan fingerprint density at radius 2 is 2.18 bits per heavy atom. The van der Waals surface area contributed by atoms with Crippen molar-refractivity contribution in [3.8, 4) is 5.75 Å². The van der Waals surface area contributed by atoms with E-state index in [0.29, 0.717) is 31.1 Å². The minimum Gasteiger partial charge on any atom is -0.495 e. The molecule has 1 aromatic rings. The Morgan fingerprint density at radius 3 is 2.82 bits per heavy atom. The van der Waals surface area contributed by atoms with E-state index < -0.39 is 0 Å². The summed E-state index contributed by atoms with van der Waals surface area (Å²) in [6, 6.07) is 7.32. The molecule has 0 saturated carbocycles. The highest BCUT2D eigenvalue weighted by molar-refractivity contribution is 5.93. The van der Waals surface area contributed by atoms with Gasteiger partial charge in [-0.2, -0.15) is 0 Å². The van der Waals surface area contributed by atoms with Crippen molar-refractivity contribution in [2.75, 3.05) is 31.7 Å². The zero-order valence-electron chi connectivity index (χ0n) is 13.0. The van der Waals surface area contributed by atoms with Gasteiger partial charge in [0.1, 0.15) is 11.9 Å². The van der Waals surface area contributed by atoms with Crippen LogP contribution in [0, 0.1) is 0 Å². The van der Waals surface area contributed by atoms with Gasteiger partial charge in [-0.15, -0.1) is 0 Å². The molecule has 1 atom stereocenters. The number of hydrogen-bond acceptors (Lipinski definition) is 4. The van der Waals surface area contributed by atoms with Crippen LogP contribution in [0.5, 0.6) is 5.75 Å². The van der Waals surface area contributed by atoms with Crippen LogP contribution in [0.1, 0.15) is 19.8 Å². The van der Waals surface area contributed by atoms with Crippen LogP contribution in [0.4, 0.5) is 5.69 Å². The molecule has 1 heterocycles. The molecule has 6 heteroatoms. The van der Waals surface area contributed by atoms with Gasteiger partial charge in [-0.25, -0.2) is 0 Å². The van der Waals surface area contributed by atoms with Gasteiger partial charge in [-0.3, -0.25) is 9.59 Å². The Balaban J connectivity index is 1.94. The maximum absolute atomic E-state index is 11.9. The number of nitrogens with one attached hydrogen (secondary N) is 1. The number of hydrogen-bond donors (Lipinski definition) is 1. The Hall–Kier alpha value is -2.08. The lowest BCUT2D eigenvalue weighted by Crippen LogP contribution is -2.41. The molecule has 0 bridgehead atoms. The molecular weight excluding hydrogens is 284 g/mol. The van der Waals surface area contributed by atoms with Gasteiger partial charge in [0.25, 0.3) is 0 Å². The largest absolute Gasteiger partial charge is 0.495 e. The van der Waals surface area contributed by atoms with Gasteiger partial charge in [0, 0.05) is 26.6 Å². The summed E-state index contributed by atoms with van der Waals surface area (Å²) in [5.41, 5.74) is 0.698. The number of carbonyl (C=O) groups is 2. The number of anilines is 1. The maximum Gasteiger partial charge on any atom is 0.249 e. The van der Waals surface area contributed by atoms with E-state index in [0.717, 1.165) is 12.8 Å². The third kappa shape index (κ3) is 3.98. The fourth-order valence-corrected chi connectivity index (χ4v) is 2.49. The SMILES string of the molecule is COc1ccccc1N(CCNC(=O)C1CCCO1)C(C)=O. The molecule has 2 amide bonds. The minimum atomic E-state index is -0.350. The van der Waals surface area contributed by atoms with Crippen LogP contribution in [-0.4, -0.2) is 44.7 Å². The summed E-state index contributed by atoms with van der Waals surface area (Å²) >= 11 is 0. The van der Waals surface area contributed by atoms with E-state index in [-0.39, 0.29) is 17.9 Å². The van der Waals surface area contributed by atoms with Gasteiger partial charge in [0.15, 0.2) is 0 Å². The molecule has 22 heavy (non-hydrogen) atoms. The highest BCUT2D eigenvalue weighted by Gasteiger charge is 2.23. The fourth-order valence-electron chi connectivity index (χ4n) is 2.49. The molecule has 1 aromatic carbocycles. The van der Waals surface area contributed by atoms with Crippen LogP contribution in [0.15, 0.2) is 24.3 Å². The molecule has 120 valence electrons. The van der Waals surface area contributed by atoms with Crippen molar-refractivity contribution < 1.29 is 19.1 Å². The normalized spacial score (nSPS) is 17.1. The summed E-state index contributed by atoms with van der Waals surface area (Å²) in [6.45, 7) is 2.89. The monoisotopic (exact) mass is 306 g/mol. The quantitative estimate of drug-likeness (QED) is 0.861. The van der Waals surface area contributed by atoms with Crippen molar-refractivity contribution in [2.24, 2.45) is 0 Å². The van der Waals surface area contributed by atoms with E-state index in [1.165, 1.54) is 6.92 Å². The lowest BCUT2D eigenvalue weighted by Gasteiger charge is -2.23. The molecule has 1 unspecified atom stereocenters. The summed E-state index contributed by atoms with van der Waals surface area (Å²) in [5.74, 6) is 0.417. The first-order valence-electron chi connectivity index (χ1n) is 7.44. The van der Waals surface area contributed by atoms with E-state index in [4.69, 9.17) is 9.47 Å². The first kappa shape index (κ1) is 16.3. The van der Waals surface area contributed by atoms with Gasteiger partial charge in [-0.05, 0) is 25.0 Å². The number of carbonyl (C=O) groups excluding carboxylic acids is 2. The van der Waals surface area contributed by atoms with Crippen LogP contribution in [0.2, 0.25) is 0 Å². The Morgan fingerprint density at radius 1 is 1.41 bits per heavy atom. The van der Waals surface area contributed by atoms with E-state index in [1.54, 1.807) is 18.1 Å². The molecule has 1 aliphatic heterocycles. The molecule has 6 nitrogen and oxygen atoms in total. The number of ether oxygens (including phenoxy) is 2. The summed E-state index contributed by atoms with van der Waals surface area (Å²) in [6.07, 6.45) is 1.32. The van der Waals surface area contributed by atoms with Gasteiger partial charge < -0.3 is 19.7 Å². The summed E-state index contributed by atoms with van der Waals surface area (Å²) < 4.78 is 10.6. The van der Waals surface area contributed by atoms with Crippen molar-refractivity contribution in [1.29, 1.82) is 0 Å². The minimum absolute atomic E-state index is 0.101. The predicted molar refractivity (Wildman–Crippen MR) is 83.0 cm³/mol. The van der Waals surface area contributed by atoms with Crippen LogP contribution >= 0.6 is 0 Å². The number of amides is 2. The number of benzene rings is 1. The highest BCUT2D eigenvalue weighted by Crippen LogP contribution is 2.27. The zero-order valence-corrected chi connectivity index (χ0v) is 13.0. The average molecular weight is 306 g/mol. The Kier molecular flexibility index (Phi) is 5.77. The molecule has 0 radical (unpaired) electrons. The lowest BCUT2D eigenvalue weighted by atomic mass is 10.2. The number of rotatable bonds is 6. The molecule has 1 fully saturated rings. The molecule has 0 aliphatic carbocycles. The Bertz CT molecular complexity index is 527. The summed E-state index contributed by atoms with van der Waals surface area (Å²) in [4.78, 5) is 25.4. The third-order valence-electron chi connectivity index (χ3n) is 3.61. The van der Waals surface area contributed by atoms with Crippen LogP contribution in [-0.2, 0) is 14.3 Å². The summed E-state index contributed by atoms with van der Waals surface area (Å²) in [5, 5.41) is 2.82. The van der Waals surface area contributed by atoms with Crippen molar-refractivity contribution >= 4 is 17.5 Å².